The van der Waals surface area contributed by atoms with E-state index in [0.717, 1.165) is 25.7 Å². The van der Waals surface area contributed by atoms with E-state index in [0.29, 0.717) is 32.7 Å². The molecular formula is C10H23N3O2S. The fraction of sp³-hybridized carbons (Fsp3) is 1.00. The van der Waals surface area contributed by atoms with Gasteiger partial charge in [0.05, 0.1) is 0 Å². The standard InChI is InChI=1S/C10H23N3O2S/c1-2-12(10-6-7-11)16(14,15)13-8-4-3-5-9-13/h2-11H2,1H3. The van der Waals surface area contributed by atoms with Gasteiger partial charge in [-0.2, -0.15) is 17.0 Å². The van der Waals surface area contributed by atoms with Gasteiger partial charge < -0.3 is 5.73 Å². The normalized spacial score (nSPS) is 19.2. The van der Waals surface area contributed by atoms with Gasteiger partial charge in [-0.25, -0.2) is 0 Å². The van der Waals surface area contributed by atoms with Gasteiger partial charge in [0.1, 0.15) is 0 Å². The van der Waals surface area contributed by atoms with Gasteiger partial charge in [0.25, 0.3) is 10.2 Å². The zero-order valence-electron chi connectivity index (χ0n) is 10.1. The molecule has 5 nitrogen and oxygen atoms in total. The molecule has 1 saturated heterocycles. The van der Waals surface area contributed by atoms with Crippen LogP contribution in [0.2, 0.25) is 0 Å². The van der Waals surface area contributed by atoms with Gasteiger partial charge in [-0.3, -0.25) is 0 Å². The van der Waals surface area contributed by atoms with E-state index in [9.17, 15) is 8.42 Å². The summed E-state index contributed by atoms with van der Waals surface area (Å²) in [5, 5.41) is 0. The molecule has 0 spiro atoms. The van der Waals surface area contributed by atoms with Crippen LogP contribution in [-0.2, 0) is 10.2 Å². The maximum absolute atomic E-state index is 12.2. The summed E-state index contributed by atoms with van der Waals surface area (Å²) in [5.41, 5.74) is 5.42. The van der Waals surface area contributed by atoms with Crippen LogP contribution in [0.5, 0.6) is 0 Å². The molecule has 1 rings (SSSR count). The molecule has 1 aliphatic rings. The maximum Gasteiger partial charge on any atom is 0.281 e. The number of hydrogen-bond donors (Lipinski definition) is 1. The average molecular weight is 249 g/mol. The van der Waals surface area contributed by atoms with E-state index in [2.05, 4.69) is 0 Å². The lowest BCUT2D eigenvalue weighted by Crippen LogP contribution is -2.46. The van der Waals surface area contributed by atoms with Gasteiger partial charge in [-0.1, -0.05) is 13.3 Å². The minimum Gasteiger partial charge on any atom is -0.330 e. The Morgan fingerprint density at radius 1 is 1.25 bits per heavy atom. The first-order chi connectivity index (χ1) is 7.62. The van der Waals surface area contributed by atoms with Gasteiger partial charge in [-0.05, 0) is 25.8 Å². The minimum absolute atomic E-state index is 0.527. The van der Waals surface area contributed by atoms with Crippen LogP contribution in [0.3, 0.4) is 0 Å². The molecule has 0 aromatic heterocycles. The Hall–Kier alpha value is -0.170. The van der Waals surface area contributed by atoms with E-state index >= 15 is 0 Å². The third-order valence-corrected chi connectivity index (χ3v) is 5.04. The van der Waals surface area contributed by atoms with Crippen LogP contribution in [0.1, 0.15) is 32.6 Å². The van der Waals surface area contributed by atoms with Crippen LogP contribution in [0.25, 0.3) is 0 Å². The van der Waals surface area contributed by atoms with E-state index in [-0.39, 0.29) is 0 Å². The lowest BCUT2D eigenvalue weighted by Gasteiger charge is -2.31. The summed E-state index contributed by atoms with van der Waals surface area (Å²) in [6.45, 7) is 4.80. The van der Waals surface area contributed by atoms with E-state index in [1.54, 1.807) is 4.31 Å². The topological polar surface area (TPSA) is 66.6 Å². The smallest absolute Gasteiger partial charge is 0.281 e. The zero-order valence-corrected chi connectivity index (χ0v) is 10.9. The van der Waals surface area contributed by atoms with Crippen LogP contribution in [-0.4, -0.2) is 49.8 Å². The Balaban J connectivity index is 2.64. The van der Waals surface area contributed by atoms with Crippen LogP contribution >= 0.6 is 0 Å². The first-order valence-corrected chi connectivity index (χ1v) is 7.48. The van der Waals surface area contributed by atoms with Crippen molar-refractivity contribution in [3.63, 3.8) is 0 Å². The molecule has 0 atom stereocenters. The van der Waals surface area contributed by atoms with E-state index < -0.39 is 10.2 Å². The van der Waals surface area contributed by atoms with Crippen molar-refractivity contribution in [1.82, 2.24) is 8.61 Å². The Morgan fingerprint density at radius 3 is 2.38 bits per heavy atom. The predicted octanol–water partition coefficient (Wildman–Crippen LogP) is 0.388. The molecule has 1 aliphatic heterocycles. The quantitative estimate of drug-likeness (QED) is 0.740. The monoisotopic (exact) mass is 249 g/mol. The molecule has 0 aliphatic carbocycles. The minimum atomic E-state index is -3.24. The van der Waals surface area contributed by atoms with Crippen molar-refractivity contribution >= 4 is 10.2 Å². The highest BCUT2D eigenvalue weighted by atomic mass is 32.2. The molecule has 0 saturated carbocycles. The van der Waals surface area contributed by atoms with E-state index in [1.807, 2.05) is 6.92 Å². The van der Waals surface area contributed by atoms with Gasteiger partial charge in [0.2, 0.25) is 0 Å². The summed E-state index contributed by atoms with van der Waals surface area (Å²) >= 11 is 0. The highest BCUT2D eigenvalue weighted by Gasteiger charge is 2.28. The number of hydrogen-bond acceptors (Lipinski definition) is 3. The lowest BCUT2D eigenvalue weighted by atomic mass is 10.2. The number of nitrogens with two attached hydrogens (primary N) is 1. The first kappa shape index (κ1) is 13.9. The van der Waals surface area contributed by atoms with Gasteiger partial charge >= 0.3 is 0 Å². The third kappa shape index (κ3) is 3.41. The second-order valence-electron chi connectivity index (χ2n) is 4.10. The fourth-order valence-electron chi connectivity index (χ4n) is 1.96. The Kier molecular flexibility index (Phi) is 5.68. The third-order valence-electron chi connectivity index (χ3n) is 2.93. The fourth-order valence-corrected chi connectivity index (χ4v) is 3.70. The highest BCUT2D eigenvalue weighted by Crippen LogP contribution is 2.16. The molecule has 0 aromatic rings. The van der Waals surface area contributed by atoms with E-state index in [1.165, 1.54) is 4.31 Å². The lowest BCUT2D eigenvalue weighted by molar-refractivity contribution is 0.305. The number of piperidine rings is 1. The van der Waals surface area contributed by atoms with Crippen LogP contribution in [0.4, 0.5) is 0 Å². The SMILES string of the molecule is CCN(CCCN)S(=O)(=O)N1CCCCC1. The highest BCUT2D eigenvalue weighted by molar-refractivity contribution is 7.86. The summed E-state index contributed by atoms with van der Waals surface area (Å²) in [6.07, 6.45) is 3.82. The van der Waals surface area contributed by atoms with Crippen molar-refractivity contribution in [3.05, 3.63) is 0 Å². The van der Waals surface area contributed by atoms with Crippen molar-refractivity contribution in [2.45, 2.75) is 32.6 Å². The Morgan fingerprint density at radius 2 is 1.88 bits per heavy atom. The second-order valence-corrected chi connectivity index (χ2v) is 6.03. The predicted molar refractivity (Wildman–Crippen MR) is 65.3 cm³/mol. The van der Waals surface area contributed by atoms with Gasteiger partial charge in [0.15, 0.2) is 0 Å². The van der Waals surface area contributed by atoms with Crippen molar-refractivity contribution in [1.29, 1.82) is 0 Å². The molecule has 96 valence electrons. The molecule has 0 bridgehead atoms. The second kappa shape index (κ2) is 6.54. The maximum atomic E-state index is 12.2. The first-order valence-electron chi connectivity index (χ1n) is 6.08. The molecule has 6 heteroatoms. The molecule has 1 heterocycles. The van der Waals surface area contributed by atoms with Crippen LogP contribution in [0.15, 0.2) is 0 Å². The Labute approximate surface area is 98.8 Å². The average Bonchev–Trinajstić information content (AvgIpc) is 2.31. The molecule has 0 aromatic carbocycles. The summed E-state index contributed by atoms with van der Waals surface area (Å²) < 4.78 is 27.6. The van der Waals surface area contributed by atoms with Crippen LogP contribution in [0, 0.1) is 0 Å². The summed E-state index contributed by atoms with van der Waals surface area (Å²) in [5.74, 6) is 0. The van der Waals surface area contributed by atoms with Crippen molar-refractivity contribution < 1.29 is 8.42 Å². The number of nitrogens with zero attached hydrogens (tertiary/aromatic N) is 2. The molecule has 1 fully saturated rings. The molecule has 2 N–H and O–H groups in total. The molecule has 0 unspecified atom stereocenters. The van der Waals surface area contributed by atoms with Gasteiger partial charge in [-0.15, -0.1) is 0 Å². The van der Waals surface area contributed by atoms with Crippen molar-refractivity contribution in [3.8, 4) is 0 Å². The van der Waals surface area contributed by atoms with Crippen molar-refractivity contribution in [2.24, 2.45) is 5.73 Å². The summed E-state index contributed by atoms with van der Waals surface area (Å²) in [6, 6.07) is 0. The largest absolute Gasteiger partial charge is 0.330 e. The van der Waals surface area contributed by atoms with Crippen LogP contribution < -0.4 is 5.73 Å². The number of rotatable bonds is 6. The summed E-state index contributed by atoms with van der Waals surface area (Å²) in [7, 11) is -3.24. The van der Waals surface area contributed by atoms with E-state index in [4.69, 9.17) is 5.73 Å². The Bertz CT molecular complexity index is 286. The molecular weight excluding hydrogens is 226 g/mol. The molecule has 0 amide bonds. The molecule has 0 radical (unpaired) electrons. The van der Waals surface area contributed by atoms with Crippen molar-refractivity contribution in [2.75, 3.05) is 32.7 Å². The van der Waals surface area contributed by atoms with Gasteiger partial charge in [0, 0.05) is 26.2 Å². The molecule has 16 heavy (non-hydrogen) atoms. The zero-order chi connectivity index (χ0) is 12.0. The summed E-state index contributed by atoms with van der Waals surface area (Å²) in [4.78, 5) is 0.